The number of alkyl halides is 3. The minimum atomic E-state index is -4.68. The SMILES string of the molecule is Cc1c(C(=O)N2CCC(O)CC2)c(C(F)(F)F)nn1C1CCCN(C)C1. The molecule has 3 rings (SSSR count). The fraction of sp³-hybridized carbons (Fsp3) is 0.765. The van der Waals surface area contributed by atoms with Crippen LogP contribution in [0.2, 0.25) is 0 Å². The molecule has 0 bridgehead atoms. The number of amides is 1. The van der Waals surface area contributed by atoms with Crippen LogP contribution in [0.25, 0.3) is 0 Å². The Morgan fingerprint density at radius 2 is 1.85 bits per heavy atom. The summed E-state index contributed by atoms with van der Waals surface area (Å²) in [5.41, 5.74) is -1.17. The first-order chi connectivity index (χ1) is 12.2. The van der Waals surface area contributed by atoms with Crippen LogP contribution in [0, 0.1) is 6.92 Å². The lowest BCUT2D eigenvalue weighted by atomic mass is 10.0. The second kappa shape index (κ2) is 7.19. The van der Waals surface area contributed by atoms with Crippen molar-refractivity contribution in [1.29, 1.82) is 0 Å². The van der Waals surface area contributed by atoms with Crippen molar-refractivity contribution in [3.63, 3.8) is 0 Å². The molecular weight excluding hydrogens is 349 g/mol. The molecule has 2 fully saturated rings. The molecule has 6 nitrogen and oxygen atoms in total. The monoisotopic (exact) mass is 374 g/mol. The Balaban J connectivity index is 1.96. The highest BCUT2D eigenvalue weighted by Crippen LogP contribution is 2.35. The molecule has 26 heavy (non-hydrogen) atoms. The minimum absolute atomic E-state index is 0.167. The number of rotatable bonds is 2. The standard InChI is InChI=1S/C17H25F3N4O2/c1-11-14(16(26)23-8-5-13(25)6-9-23)15(17(18,19)20)21-24(11)12-4-3-7-22(2)10-12/h12-13,25H,3-10H2,1-2H3. The van der Waals surface area contributed by atoms with E-state index in [1.165, 1.54) is 9.58 Å². The Morgan fingerprint density at radius 1 is 1.19 bits per heavy atom. The maximum Gasteiger partial charge on any atom is 0.435 e. The number of carbonyl (C=O) groups excluding carboxylic acids is 1. The minimum Gasteiger partial charge on any atom is -0.393 e. The molecule has 1 atom stereocenters. The molecule has 3 heterocycles. The number of nitrogens with zero attached hydrogens (tertiary/aromatic N) is 4. The van der Waals surface area contributed by atoms with E-state index in [0.29, 0.717) is 19.4 Å². The van der Waals surface area contributed by atoms with E-state index in [-0.39, 0.29) is 30.4 Å². The largest absolute Gasteiger partial charge is 0.435 e. The highest BCUT2D eigenvalue weighted by Gasteiger charge is 2.43. The number of hydrogen-bond acceptors (Lipinski definition) is 4. The average molecular weight is 374 g/mol. The number of likely N-dealkylation sites (N-methyl/N-ethyl adjacent to an activating group) is 1. The Hall–Kier alpha value is -1.61. The van der Waals surface area contributed by atoms with E-state index in [1.54, 1.807) is 6.92 Å². The number of aliphatic hydroxyl groups is 1. The van der Waals surface area contributed by atoms with Gasteiger partial charge in [-0.15, -0.1) is 0 Å². The van der Waals surface area contributed by atoms with E-state index in [9.17, 15) is 23.1 Å². The van der Waals surface area contributed by atoms with Crippen molar-refractivity contribution in [2.24, 2.45) is 0 Å². The fourth-order valence-corrected chi connectivity index (χ4v) is 3.89. The molecule has 1 aromatic rings. The first kappa shape index (κ1) is 19.2. The molecule has 0 saturated carbocycles. The number of hydrogen-bond donors (Lipinski definition) is 1. The van der Waals surface area contributed by atoms with E-state index in [0.717, 1.165) is 19.4 Å². The zero-order valence-corrected chi connectivity index (χ0v) is 15.1. The predicted octanol–water partition coefficient (Wildman–Crippen LogP) is 2.07. The summed E-state index contributed by atoms with van der Waals surface area (Å²) in [6.07, 6.45) is -2.79. The van der Waals surface area contributed by atoms with Crippen molar-refractivity contribution in [2.75, 3.05) is 33.2 Å². The highest BCUT2D eigenvalue weighted by atomic mass is 19.4. The number of aromatic nitrogens is 2. The Labute approximate surface area is 150 Å². The van der Waals surface area contributed by atoms with Crippen molar-refractivity contribution in [3.05, 3.63) is 17.0 Å². The number of likely N-dealkylation sites (tertiary alicyclic amines) is 2. The third-order valence-corrected chi connectivity index (χ3v) is 5.33. The molecule has 0 aliphatic carbocycles. The second-order valence-electron chi connectivity index (χ2n) is 7.33. The van der Waals surface area contributed by atoms with Gasteiger partial charge in [-0.1, -0.05) is 0 Å². The van der Waals surface area contributed by atoms with Gasteiger partial charge in [-0.05, 0) is 46.2 Å². The van der Waals surface area contributed by atoms with E-state index in [2.05, 4.69) is 10.00 Å². The van der Waals surface area contributed by atoms with Crippen LogP contribution in [0.4, 0.5) is 13.2 Å². The van der Waals surface area contributed by atoms with E-state index < -0.39 is 23.9 Å². The second-order valence-corrected chi connectivity index (χ2v) is 7.33. The summed E-state index contributed by atoms with van der Waals surface area (Å²) in [5.74, 6) is -0.642. The van der Waals surface area contributed by atoms with Crippen molar-refractivity contribution in [2.45, 2.75) is 50.9 Å². The third kappa shape index (κ3) is 3.73. The lowest BCUT2D eigenvalue weighted by molar-refractivity contribution is -0.142. The number of piperidine rings is 2. The van der Waals surface area contributed by atoms with Crippen LogP contribution < -0.4 is 0 Å². The van der Waals surface area contributed by atoms with E-state index in [4.69, 9.17) is 0 Å². The van der Waals surface area contributed by atoms with Crippen molar-refractivity contribution >= 4 is 5.91 Å². The van der Waals surface area contributed by atoms with Crippen LogP contribution in [0.1, 0.15) is 53.5 Å². The first-order valence-electron chi connectivity index (χ1n) is 9.00. The Morgan fingerprint density at radius 3 is 2.42 bits per heavy atom. The normalized spacial score (nSPS) is 23.5. The first-order valence-corrected chi connectivity index (χ1v) is 9.00. The Kier molecular flexibility index (Phi) is 5.30. The summed E-state index contributed by atoms with van der Waals surface area (Å²) < 4.78 is 42.1. The van der Waals surface area contributed by atoms with Crippen LogP contribution in [0.15, 0.2) is 0 Å². The molecule has 2 aliphatic rings. The van der Waals surface area contributed by atoms with Crippen LogP contribution in [0.3, 0.4) is 0 Å². The molecule has 2 saturated heterocycles. The lowest BCUT2D eigenvalue weighted by Crippen LogP contribution is -2.40. The summed E-state index contributed by atoms with van der Waals surface area (Å²) in [4.78, 5) is 16.3. The van der Waals surface area contributed by atoms with E-state index >= 15 is 0 Å². The molecular formula is C17H25F3N4O2. The predicted molar refractivity (Wildman–Crippen MR) is 88.9 cm³/mol. The quantitative estimate of drug-likeness (QED) is 0.861. The zero-order chi connectivity index (χ0) is 19.1. The highest BCUT2D eigenvalue weighted by molar-refractivity contribution is 5.96. The molecule has 1 unspecified atom stereocenters. The van der Waals surface area contributed by atoms with Crippen molar-refractivity contribution in [3.8, 4) is 0 Å². The third-order valence-electron chi connectivity index (χ3n) is 5.33. The van der Waals surface area contributed by atoms with Crippen LogP contribution >= 0.6 is 0 Å². The summed E-state index contributed by atoms with van der Waals surface area (Å²) in [7, 11) is 1.93. The number of carbonyl (C=O) groups is 1. The summed E-state index contributed by atoms with van der Waals surface area (Å²) in [6.45, 7) is 3.58. The van der Waals surface area contributed by atoms with Gasteiger partial charge >= 0.3 is 6.18 Å². The molecule has 2 aliphatic heterocycles. The van der Waals surface area contributed by atoms with Gasteiger partial charge in [0.1, 0.15) is 0 Å². The Bertz CT molecular complexity index is 666. The number of halogens is 3. The van der Waals surface area contributed by atoms with Gasteiger partial charge < -0.3 is 14.9 Å². The van der Waals surface area contributed by atoms with Gasteiger partial charge in [0, 0.05) is 25.3 Å². The van der Waals surface area contributed by atoms with Crippen molar-refractivity contribution < 1.29 is 23.1 Å². The molecule has 9 heteroatoms. The maximum absolute atomic E-state index is 13.6. The van der Waals surface area contributed by atoms with E-state index in [1.807, 2.05) is 7.05 Å². The summed E-state index contributed by atoms with van der Waals surface area (Å²) in [5, 5.41) is 13.4. The lowest BCUT2D eigenvalue weighted by Gasteiger charge is -2.31. The zero-order valence-electron chi connectivity index (χ0n) is 15.1. The molecule has 0 spiro atoms. The van der Waals surface area contributed by atoms with Crippen molar-refractivity contribution in [1.82, 2.24) is 19.6 Å². The van der Waals surface area contributed by atoms with Crippen LogP contribution in [-0.2, 0) is 6.18 Å². The van der Waals surface area contributed by atoms with Gasteiger partial charge in [-0.2, -0.15) is 18.3 Å². The molecule has 1 aromatic heterocycles. The molecule has 0 aromatic carbocycles. The van der Waals surface area contributed by atoms with Crippen LogP contribution in [0.5, 0.6) is 0 Å². The van der Waals surface area contributed by atoms with Gasteiger partial charge in [-0.3, -0.25) is 9.48 Å². The maximum atomic E-state index is 13.6. The van der Waals surface area contributed by atoms with Gasteiger partial charge in [-0.25, -0.2) is 0 Å². The van der Waals surface area contributed by atoms with Gasteiger partial charge in [0.2, 0.25) is 0 Å². The van der Waals surface area contributed by atoms with Gasteiger partial charge in [0.25, 0.3) is 5.91 Å². The average Bonchev–Trinajstić information content (AvgIpc) is 2.92. The van der Waals surface area contributed by atoms with Gasteiger partial charge in [0.05, 0.1) is 17.7 Å². The molecule has 146 valence electrons. The topological polar surface area (TPSA) is 61.6 Å². The molecule has 1 amide bonds. The fourth-order valence-electron chi connectivity index (χ4n) is 3.89. The summed E-state index contributed by atoms with van der Waals surface area (Å²) >= 11 is 0. The smallest absolute Gasteiger partial charge is 0.393 e. The summed E-state index contributed by atoms with van der Waals surface area (Å²) in [6, 6.07) is -0.167. The number of aliphatic hydroxyl groups excluding tert-OH is 1. The molecule has 0 radical (unpaired) electrons. The van der Waals surface area contributed by atoms with Crippen LogP contribution in [-0.4, -0.2) is 69.9 Å². The molecule has 1 N–H and O–H groups in total. The van der Waals surface area contributed by atoms with Gasteiger partial charge in [0.15, 0.2) is 5.69 Å².